The summed E-state index contributed by atoms with van der Waals surface area (Å²) in [7, 11) is 0. The van der Waals surface area contributed by atoms with Crippen LogP contribution in [-0.4, -0.2) is 47.8 Å². The van der Waals surface area contributed by atoms with E-state index >= 15 is 0 Å². The highest BCUT2D eigenvalue weighted by Gasteiger charge is 2.21. The summed E-state index contributed by atoms with van der Waals surface area (Å²) in [4.78, 5) is 29.9. The number of aromatic nitrogens is 2. The lowest BCUT2D eigenvalue weighted by Gasteiger charge is -2.22. The highest BCUT2D eigenvalue weighted by atomic mass is 32.2. The van der Waals surface area contributed by atoms with Gasteiger partial charge in [0.15, 0.2) is 0 Å². The highest BCUT2D eigenvalue weighted by molar-refractivity contribution is 7.99. The molecule has 1 aliphatic rings. The van der Waals surface area contributed by atoms with Crippen molar-refractivity contribution < 1.29 is 19.0 Å². The second-order valence-corrected chi connectivity index (χ2v) is 5.49. The molecule has 8 heteroatoms. The number of hydrogen-bond donors (Lipinski definition) is 1. The lowest BCUT2D eigenvalue weighted by molar-refractivity contribution is -0.130. The molecule has 1 saturated heterocycles. The van der Waals surface area contributed by atoms with Crippen LogP contribution in [0.1, 0.15) is 29.4 Å². The van der Waals surface area contributed by atoms with Crippen LogP contribution < -0.4 is 5.69 Å². The van der Waals surface area contributed by atoms with Gasteiger partial charge in [0.05, 0.1) is 19.3 Å². The Hall–Kier alpha value is -1.38. The quantitative estimate of drug-likeness (QED) is 0.494. The van der Waals surface area contributed by atoms with Crippen LogP contribution in [0.4, 0.5) is 0 Å². The second-order valence-electron chi connectivity index (χ2n) is 4.48. The molecule has 1 N–H and O–H groups in total. The zero-order valence-corrected chi connectivity index (χ0v) is 12.8. The van der Waals surface area contributed by atoms with Crippen LogP contribution in [0.15, 0.2) is 9.82 Å². The Balaban J connectivity index is 2.16. The third kappa shape index (κ3) is 4.29. The minimum absolute atomic E-state index is 0.0280. The number of nitrogens with zero attached hydrogens (tertiary/aromatic N) is 1. The lowest BCUT2D eigenvalue weighted by atomic mass is 10.2. The molecule has 0 saturated carbocycles. The molecule has 1 aromatic heterocycles. The Kier molecular flexibility index (Phi) is 5.77. The topological polar surface area (TPSA) is 90.5 Å². The van der Waals surface area contributed by atoms with Crippen LogP contribution in [-0.2, 0) is 14.2 Å². The maximum Gasteiger partial charge on any atom is 0.346 e. The number of aryl methyl sites for hydroxylation is 1. The smallest absolute Gasteiger partial charge is 0.346 e. The number of ether oxygens (including phenoxy) is 3. The molecule has 0 amide bonds. The van der Waals surface area contributed by atoms with Crippen LogP contribution >= 0.6 is 11.8 Å². The Morgan fingerprint density at radius 3 is 3.05 bits per heavy atom. The monoisotopic (exact) mass is 314 g/mol. The van der Waals surface area contributed by atoms with Crippen molar-refractivity contribution in [1.29, 1.82) is 0 Å². The summed E-state index contributed by atoms with van der Waals surface area (Å²) in [6, 6.07) is 0. The average molecular weight is 314 g/mol. The number of aromatic amines is 1. The Morgan fingerprint density at radius 2 is 2.38 bits per heavy atom. The maximum atomic E-state index is 12.0. The molecule has 0 bridgehead atoms. The van der Waals surface area contributed by atoms with E-state index in [2.05, 4.69) is 9.97 Å². The molecule has 1 aromatic rings. The third-order valence-electron chi connectivity index (χ3n) is 2.94. The van der Waals surface area contributed by atoms with Crippen molar-refractivity contribution in [2.75, 3.05) is 25.8 Å². The molecule has 1 fully saturated rings. The first-order valence-corrected chi connectivity index (χ1v) is 7.70. The number of hydrogen-bond acceptors (Lipinski definition) is 7. The molecule has 0 radical (unpaired) electrons. The third-order valence-corrected chi connectivity index (χ3v) is 4.05. The summed E-state index contributed by atoms with van der Waals surface area (Å²) < 4.78 is 15.6. The molecular formula is C13H18N2O5S. The molecular weight excluding hydrogens is 296 g/mol. The van der Waals surface area contributed by atoms with Gasteiger partial charge in [-0.25, -0.2) is 9.59 Å². The van der Waals surface area contributed by atoms with Crippen LogP contribution in [0.3, 0.4) is 0 Å². The average Bonchev–Trinajstić information content (AvgIpc) is 2.45. The normalized spacial score (nSPS) is 18.5. The predicted molar refractivity (Wildman–Crippen MR) is 76.6 cm³/mol. The zero-order valence-electron chi connectivity index (χ0n) is 12.0. The van der Waals surface area contributed by atoms with E-state index in [0.717, 1.165) is 6.42 Å². The molecule has 2 rings (SSSR count). The largest absolute Gasteiger partial charge is 0.462 e. The van der Waals surface area contributed by atoms with E-state index < -0.39 is 11.7 Å². The summed E-state index contributed by atoms with van der Waals surface area (Å²) in [6.45, 7) is 4.58. The van der Waals surface area contributed by atoms with Gasteiger partial charge >= 0.3 is 11.7 Å². The number of carbonyl (C=O) groups is 1. The van der Waals surface area contributed by atoms with Crippen LogP contribution in [0.2, 0.25) is 0 Å². The van der Waals surface area contributed by atoms with E-state index in [0.29, 0.717) is 28.6 Å². The van der Waals surface area contributed by atoms with Gasteiger partial charge < -0.3 is 19.2 Å². The first kappa shape index (κ1) is 16.0. The fourth-order valence-electron chi connectivity index (χ4n) is 1.91. The Labute approximate surface area is 126 Å². The van der Waals surface area contributed by atoms with Gasteiger partial charge in [0.25, 0.3) is 0 Å². The number of H-pyrrole nitrogens is 1. The fourth-order valence-corrected chi connectivity index (χ4v) is 3.05. The molecule has 0 spiro atoms. The molecule has 0 aromatic carbocycles. The SMILES string of the molecule is CCOC(=O)c1c(SCC2CCOCO2)nc(=O)[nH]c1C. The molecule has 7 nitrogen and oxygen atoms in total. The summed E-state index contributed by atoms with van der Waals surface area (Å²) in [5.74, 6) is 0.125. The predicted octanol–water partition coefficient (Wildman–Crippen LogP) is 1.11. The molecule has 21 heavy (non-hydrogen) atoms. The number of thioether (sulfide) groups is 1. The van der Waals surface area contributed by atoms with Crippen molar-refractivity contribution >= 4 is 17.7 Å². The number of rotatable bonds is 5. The minimum atomic E-state index is -0.478. The van der Waals surface area contributed by atoms with Crippen molar-refractivity contribution in [3.8, 4) is 0 Å². The first-order chi connectivity index (χ1) is 10.1. The maximum absolute atomic E-state index is 12.0. The van der Waals surface area contributed by atoms with Gasteiger partial charge in [0.1, 0.15) is 17.4 Å². The van der Waals surface area contributed by atoms with Crippen LogP contribution in [0.5, 0.6) is 0 Å². The van der Waals surface area contributed by atoms with E-state index in [1.807, 2.05) is 0 Å². The number of nitrogens with one attached hydrogen (secondary N) is 1. The van der Waals surface area contributed by atoms with Crippen molar-refractivity contribution in [2.24, 2.45) is 0 Å². The van der Waals surface area contributed by atoms with Gasteiger partial charge in [0, 0.05) is 11.4 Å². The molecule has 116 valence electrons. The van der Waals surface area contributed by atoms with E-state index in [1.165, 1.54) is 11.8 Å². The van der Waals surface area contributed by atoms with Gasteiger partial charge in [-0.05, 0) is 20.3 Å². The van der Waals surface area contributed by atoms with E-state index in [1.54, 1.807) is 13.8 Å². The van der Waals surface area contributed by atoms with Crippen molar-refractivity contribution in [2.45, 2.75) is 31.4 Å². The van der Waals surface area contributed by atoms with E-state index in [4.69, 9.17) is 14.2 Å². The zero-order chi connectivity index (χ0) is 15.2. The van der Waals surface area contributed by atoms with E-state index in [9.17, 15) is 9.59 Å². The Morgan fingerprint density at radius 1 is 1.57 bits per heavy atom. The van der Waals surface area contributed by atoms with Gasteiger partial charge in [-0.1, -0.05) is 0 Å². The number of carbonyl (C=O) groups excluding carboxylic acids is 1. The van der Waals surface area contributed by atoms with Crippen molar-refractivity contribution in [1.82, 2.24) is 9.97 Å². The van der Waals surface area contributed by atoms with Gasteiger partial charge in [-0.2, -0.15) is 4.98 Å². The standard InChI is InChI=1S/C13H18N2O5S/c1-3-19-12(16)10-8(2)14-13(17)15-11(10)21-6-9-4-5-18-7-20-9/h9H,3-7H2,1-2H3,(H,14,15,17). The summed E-state index contributed by atoms with van der Waals surface area (Å²) in [6.07, 6.45) is 0.810. The lowest BCUT2D eigenvalue weighted by Crippen LogP contribution is -2.26. The number of esters is 1. The molecule has 0 aliphatic carbocycles. The summed E-state index contributed by atoms with van der Waals surface area (Å²) >= 11 is 1.32. The van der Waals surface area contributed by atoms with Crippen molar-refractivity contribution in [3.05, 3.63) is 21.7 Å². The molecule has 1 aliphatic heterocycles. The molecule has 1 unspecified atom stereocenters. The Bertz CT molecular complexity index is 554. The van der Waals surface area contributed by atoms with Gasteiger partial charge in [0.2, 0.25) is 0 Å². The molecule has 1 atom stereocenters. The fraction of sp³-hybridized carbons (Fsp3) is 0.615. The minimum Gasteiger partial charge on any atom is -0.462 e. The van der Waals surface area contributed by atoms with Crippen molar-refractivity contribution in [3.63, 3.8) is 0 Å². The van der Waals surface area contributed by atoms with Crippen LogP contribution in [0, 0.1) is 6.92 Å². The van der Waals surface area contributed by atoms with Crippen LogP contribution in [0.25, 0.3) is 0 Å². The van der Waals surface area contributed by atoms with E-state index in [-0.39, 0.29) is 19.5 Å². The summed E-state index contributed by atoms with van der Waals surface area (Å²) in [5, 5.41) is 0.379. The molecule has 2 heterocycles. The van der Waals surface area contributed by atoms with Gasteiger partial charge in [-0.15, -0.1) is 11.8 Å². The second kappa shape index (κ2) is 7.58. The highest BCUT2D eigenvalue weighted by Crippen LogP contribution is 2.24. The van der Waals surface area contributed by atoms with Gasteiger partial charge in [-0.3, -0.25) is 0 Å². The summed E-state index contributed by atoms with van der Waals surface area (Å²) in [5.41, 5.74) is 0.299. The first-order valence-electron chi connectivity index (χ1n) is 6.72.